The molecule has 3 aromatic carbocycles. The third-order valence-corrected chi connectivity index (χ3v) is 5.60. The molecular weight excluding hydrogens is 376 g/mol. The summed E-state index contributed by atoms with van der Waals surface area (Å²) in [5.74, 6) is 0.528. The average molecular weight is 393 g/mol. The highest BCUT2D eigenvalue weighted by atomic mass is 35.5. The number of thioether (sulfide) groups is 1. The van der Waals surface area contributed by atoms with Crippen LogP contribution >= 0.6 is 23.4 Å². The Morgan fingerprint density at radius 2 is 1.48 bits per heavy atom. The maximum Gasteiger partial charge on any atom is 0.277 e. The van der Waals surface area contributed by atoms with Crippen molar-refractivity contribution in [2.24, 2.45) is 0 Å². The first-order chi connectivity index (χ1) is 13.2. The molecule has 0 unspecified atom stereocenters. The molecule has 1 atom stereocenters. The highest BCUT2D eigenvalue weighted by Crippen LogP contribution is 2.40. The normalized spacial score (nSPS) is 12.1. The molecule has 134 valence electrons. The zero-order valence-corrected chi connectivity index (χ0v) is 16.2. The molecule has 1 heterocycles. The monoisotopic (exact) mass is 392 g/mol. The zero-order chi connectivity index (χ0) is 18.6. The third-order valence-electron chi connectivity index (χ3n) is 4.20. The van der Waals surface area contributed by atoms with Crippen LogP contribution in [0.15, 0.2) is 88.5 Å². The van der Waals surface area contributed by atoms with Gasteiger partial charge in [-0.05, 0) is 42.3 Å². The molecule has 0 radical (unpaired) electrons. The van der Waals surface area contributed by atoms with Crippen LogP contribution < -0.4 is 0 Å². The van der Waals surface area contributed by atoms with Gasteiger partial charge in [0, 0.05) is 10.6 Å². The lowest BCUT2D eigenvalue weighted by Gasteiger charge is -2.15. The molecule has 5 heteroatoms. The number of hydrogen-bond acceptors (Lipinski definition) is 4. The Morgan fingerprint density at radius 3 is 2.19 bits per heavy atom. The van der Waals surface area contributed by atoms with Crippen LogP contribution in [-0.4, -0.2) is 10.2 Å². The lowest BCUT2D eigenvalue weighted by atomic mass is 10.0. The van der Waals surface area contributed by atoms with E-state index in [2.05, 4.69) is 29.3 Å². The van der Waals surface area contributed by atoms with Crippen LogP contribution in [0, 0.1) is 6.92 Å². The average Bonchev–Trinajstić information content (AvgIpc) is 3.17. The Labute approximate surface area is 167 Å². The number of halogens is 1. The second kappa shape index (κ2) is 7.99. The summed E-state index contributed by atoms with van der Waals surface area (Å²) in [5.41, 5.74) is 4.41. The molecule has 27 heavy (non-hydrogen) atoms. The first kappa shape index (κ1) is 17.8. The molecule has 4 aromatic rings. The topological polar surface area (TPSA) is 38.9 Å². The predicted molar refractivity (Wildman–Crippen MR) is 110 cm³/mol. The van der Waals surface area contributed by atoms with E-state index < -0.39 is 0 Å². The number of aryl methyl sites for hydroxylation is 1. The van der Waals surface area contributed by atoms with Crippen molar-refractivity contribution in [2.75, 3.05) is 0 Å². The summed E-state index contributed by atoms with van der Waals surface area (Å²) in [7, 11) is 0. The maximum absolute atomic E-state index is 6.06. The van der Waals surface area contributed by atoms with Crippen molar-refractivity contribution < 1.29 is 4.42 Å². The van der Waals surface area contributed by atoms with Crippen LogP contribution in [-0.2, 0) is 0 Å². The SMILES string of the molecule is Cc1ccc(-c2nnc(S[C@H](c3ccccc3)c3ccc(Cl)cc3)o2)cc1. The number of benzene rings is 3. The molecule has 0 saturated heterocycles. The molecule has 0 spiro atoms. The molecule has 0 amide bonds. The lowest BCUT2D eigenvalue weighted by Crippen LogP contribution is -1.96. The molecule has 0 aliphatic carbocycles. The number of nitrogens with zero attached hydrogens (tertiary/aromatic N) is 2. The van der Waals surface area contributed by atoms with Gasteiger partial charge in [-0.25, -0.2) is 0 Å². The molecule has 3 nitrogen and oxygen atoms in total. The van der Waals surface area contributed by atoms with Crippen molar-refractivity contribution >= 4 is 23.4 Å². The largest absolute Gasteiger partial charge is 0.411 e. The molecular formula is C22H17ClN2OS. The summed E-state index contributed by atoms with van der Waals surface area (Å²) in [5, 5.41) is 9.75. The fourth-order valence-corrected chi connectivity index (χ4v) is 3.89. The molecule has 0 aliphatic heterocycles. The van der Waals surface area contributed by atoms with E-state index in [1.807, 2.05) is 66.7 Å². The summed E-state index contributed by atoms with van der Waals surface area (Å²) in [6, 6.07) is 26.2. The Balaban J connectivity index is 1.64. The molecule has 4 rings (SSSR count). The highest BCUT2D eigenvalue weighted by molar-refractivity contribution is 7.99. The van der Waals surface area contributed by atoms with Crippen molar-refractivity contribution in [1.29, 1.82) is 0 Å². The molecule has 0 saturated carbocycles. The summed E-state index contributed by atoms with van der Waals surface area (Å²) in [4.78, 5) is 0. The van der Waals surface area contributed by atoms with Crippen molar-refractivity contribution in [2.45, 2.75) is 17.4 Å². The smallest absolute Gasteiger partial charge is 0.277 e. The minimum Gasteiger partial charge on any atom is -0.411 e. The van der Waals surface area contributed by atoms with Gasteiger partial charge in [0.25, 0.3) is 5.22 Å². The second-order valence-electron chi connectivity index (χ2n) is 6.20. The number of rotatable bonds is 5. The second-order valence-corrected chi connectivity index (χ2v) is 7.69. The number of hydrogen-bond donors (Lipinski definition) is 0. The fraction of sp³-hybridized carbons (Fsp3) is 0.0909. The van der Waals surface area contributed by atoms with Crippen molar-refractivity contribution in [3.05, 3.63) is 101 Å². The molecule has 0 aliphatic rings. The van der Waals surface area contributed by atoms with Gasteiger partial charge in [-0.15, -0.1) is 10.2 Å². The fourth-order valence-electron chi connectivity index (χ4n) is 2.76. The lowest BCUT2D eigenvalue weighted by molar-refractivity contribution is 0.465. The quantitative estimate of drug-likeness (QED) is 0.359. The van der Waals surface area contributed by atoms with Crippen LogP contribution in [0.1, 0.15) is 21.9 Å². The van der Waals surface area contributed by atoms with Crippen LogP contribution in [0.25, 0.3) is 11.5 Å². The molecule has 0 N–H and O–H groups in total. The van der Waals surface area contributed by atoms with Gasteiger partial charge in [-0.3, -0.25) is 0 Å². The predicted octanol–water partition coefficient (Wildman–Crippen LogP) is 6.58. The van der Waals surface area contributed by atoms with Gasteiger partial charge in [-0.2, -0.15) is 0 Å². The van der Waals surface area contributed by atoms with E-state index in [9.17, 15) is 0 Å². The van der Waals surface area contributed by atoms with Crippen LogP contribution in [0.5, 0.6) is 0 Å². The Morgan fingerprint density at radius 1 is 0.815 bits per heavy atom. The summed E-state index contributed by atoms with van der Waals surface area (Å²) in [6.07, 6.45) is 0. The molecule has 0 fully saturated rings. The van der Waals surface area contributed by atoms with E-state index >= 15 is 0 Å². The highest BCUT2D eigenvalue weighted by Gasteiger charge is 2.20. The van der Waals surface area contributed by atoms with Crippen LogP contribution in [0.2, 0.25) is 5.02 Å². The van der Waals surface area contributed by atoms with Crippen molar-refractivity contribution in [3.63, 3.8) is 0 Å². The Bertz CT molecular complexity index is 1010. The van der Waals surface area contributed by atoms with E-state index in [-0.39, 0.29) is 5.25 Å². The van der Waals surface area contributed by atoms with Gasteiger partial charge in [0.1, 0.15) is 0 Å². The van der Waals surface area contributed by atoms with E-state index in [1.54, 1.807) is 0 Å². The van der Waals surface area contributed by atoms with Gasteiger partial charge >= 0.3 is 0 Å². The minimum atomic E-state index is 0.0368. The summed E-state index contributed by atoms with van der Waals surface area (Å²) >= 11 is 7.59. The Hall–Kier alpha value is -2.56. The standard InChI is InChI=1S/C22H17ClN2OS/c1-15-7-9-18(10-8-15)21-24-25-22(26-21)27-20(16-5-3-2-4-6-16)17-11-13-19(23)14-12-17/h2-14,20H,1H3/t20-/m1/s1. The van der Waals surface area contributed by atoms with Gasteiger partial charge < -0.3 is 4.42 Å². The van der Waals surface area contributed by atoms with Gasteiger partial charge in [0.05, 0.1) is 5.25 Å². The maximum atomic E-state index is 6.06. The van der Waals surface area contributed by atoms with Gasteiger partial charge in [0.15, 0.2) is 0 Å². The zero-order valence-electron chi connectivity index (χ0n) is 14.7. The molecule has 1 aromatic heterocycles. The van der Waals surface area contributed by atoms with E-state index in [0.717, 1.165) is 16.1 Å². The van der Waals surface area contributed by atoms with Gasteiger partial charge in [0.2, 0.25) is 5.89 Å². The first-order valence-corrected chi connectivity index (χ1v) is 9.82. The van der Waals surface area contributed by atoms with Crippen molar-refractivity contribution in [1.82, 2.24) is 10.2 Å². The van der Waals surface area contributed by atoms with E-state index in [1.165, 1.54) is 22.9 Å². The Kier molecular flexibility index (Phi) is 5.28. The molecule has 0 bridgehead atoms. The minimum absolute atomic E-state index is 0.0368. The van der Waals surface area contributed by atoms with Crippen LogP contribution in [0.4, 0.5) is 0 Å². The van der Waals surface area contributed by atoms with E-state index in [4.69, 9.17) is 16.0 Å². The first-order valence-electron chi connectivity index (χ1n) is 8.57. The van der Waals surface area contributed by atoms with Gasteiger partial charge in [-0.1, -0.05) is 83.5 Å². The summed E-state index contributed by atoms with van der Waals surface area (Å²) < 4.78 is 5.92. The third kappa shape index (κ3) is 4.24. The summed E-state index contributed by atoms with van der Waals surface area (Å²) in [6.45, 7) is 2.05. The van der Waals surface area contributed by atoms with E-state index in [0.29, 0.717) is 11.1 Å². The van der Waals surface area contributed by atoms with Crippen LogP contribution in [0.3, 0.4) is 0 Å². The van der Waals surface area contributed by atoms with Crippen molar-refractivity contribution in [3.8, 4) is 11.5 Å². The number of aromatic nitrogens is 2.